The molecule has 0 aliphatic rings. The van der Waals surface area contributed by atoms with Gasteiger partial charge < -0.3 is 5.32 Å². The lowest BCUT2D eigenvalue weighted by atomic mass is 10.1. The molecule has 1 aromatic rings. The summed E-state index contributed by atoms with van der Waals surface area (Å²) in [7, 11) is 0. The highest BCUT2D eigenvalue weighted by atomic mass is 35.5. The Balaban J connectivity index is 2.43. The number of alkyl halides is 1. The van der Waals surface area contributed by atoms with Crippen LogP contribution >= 0.6 is 11.6 Å². The molecule has 14 heavy (non-hydrogen) atoms. The molecule has 0 aliphatic heterocycles. The second kappa shape index (κ2) is 5.99. The molecular formula is C11H15ClFN. The van der Waals surface area contributed by atoms with E-state index in [2.05, 4.69) is 12.2 Å². The Hall–Kier alpha value is -0.600. The van der Waals surface area contributed by atoms with Crippen LogP contribution in [-0.4, -0.2) is 13.2 Å². The van der Waals surface area contributed by atoms with Crippen LogP contribution in [0, 0.1) is 0 Å². The average Bonchev–Trinajstić information content (AvgIpc) is 2.19. The Morgan fingerprint density at radius 1 is 1.36 bits per heavy atom. The van der Waals surface area contributed by atoms with E-state index in [-0.39, 0.29) is 12.7 Å². The predicted octanol–water partition coefficient (Wildman–Crippen LogP) is 3.35. The van der Waals surface area contributed by atoms with Gasteiger partial charge in [-0.3, -0.25) is 4.39 Å². The lowest BCUT2D eigenvalue weighted by molar-refractivity contribution is 0.446. The fourth-order valence-electron chi connectivity index (χ4n) is 1.25. The van der Waals surface area contributed by atoms with Gasteiger partial charge in [-0.1, -0.05) is 23.7 Å². The molecule has 1 atom stereocenters. The summed E-state index contributed by atoms with van der Waals surface area (Å²) in [6.45, 7) is 2.50. The van der Waals surface area contributed by atoms with Crippen LogP contribution in [0.4, 0.5) is 4.39 Å². The topological polar surface area (TPSA) is 12.0 Å². The SMILES string of the molecule is C[C@H](NCCCF)c1ccc(Cl)cc1. The Bertz CT molecular complexity index is 260. The first kappa shape index (κ1) is 11.5. The molecule has 0 radical (unpaired) electrons. The second-order valence-corrected chi connectivity index (χ2v) is 3.71. The van der Waals surface area contributed by atoms with Gasteiger partial charge in [0.15, 0.2) is 0 Å². The summed E-state index contributed by atoms with van der Waals surface area (Å²) < 4.78 is 11.8. The minimum Gasteiger partial charge on any atom is -0.310 e. The molecule has 0 amide bonds. The van der Waals surface area contributed by atoms with E-state index in [1.54, 1.807) is 0 Å². The van der Waals surface area contributed by atoms with Crippen LogP contribution in [-0.2, 0) is 0 Å². The third-order valence-corrected chi connectivity index (χ3v) is 2.38. The molecule has 0 fully saturated rings. The number of rotatable bonds is 5. The molecule has 1 nitrogen and oxygen atoms in total. The normalized spacial score (nSPS) is 12.8. The number of benzene rings is 1. The number of hydrogen-bond donors (Lipinski definition) is 1. The highest BCUT2D eigenvalue weighted by Gasteiger charge is 2.03. The molecule has 1 rings (SSSR count). The summed E-state index contributed by atoms with van der Waals surface area (Å²) in [6.07, 6.45) is 0.567. The zero-order valence-corrected chi connectivity index (χ0v) is 9.02. The highest BCUT2D eigenvalue weighted by Crippen LogP contribution is 2.15. The van der Waals surface area contributed by atoms with Crippen molar-refractivity contribution >= 4 is 11.6 Å². The molecule has 78 valence electrons. The van der Waals surface area contributed by atoms with Gasteiger partial charge >= 0.3 is 0 Å². The fourth-order valence-corrected chi connectivity index (χ4v) is 1.38. The van der Waals surface area contributed by atoms with Crippen molar-refractivity contribution in [1.82, 2.24) is 5.32 Å². The van der Waals surface area contributed by atoms with Crippen LogP contribution < -0.4 is 5.32 Å². The molecule has 0 heterocycles. The van der Waals surface area contributed by atoms with Crippen molar-refractivity contribution in [2.45, 2.75) is 19.4 Å². The van der Waals surface area contributed by atoms with Crippen molar-refractivity contribution in [1.29, 1.82) is 0 Å². The Kier molecular flexibility index (Phi) is 4.91. The Morgan fingerprint density at radius 3 is 2.57 bits per heavy atom. The van der Waals surface area contributed by atoms with Crippen molar-refractivity contribution in [3.63, 3.8) is 0 Å². The molecule has 1 N–H and O–H groups in total. The van der Waals surface area contributed by atoms with Crippen LogP contribution in [0.2, 0.25) is 5.02 Å². The van der Waals surface area contributed by atoms with Gasteiger partial charge in [-0.05, 0) is 37.6 Å². The van der Waals surface area contributed by atoms with Crippen LogP contribution in [0.5, 0.6) is 0 Å². The highest BCUT2D eigenvalue weighted by molar-refractivity contribution is 6.30. The van der Waals surface area contributed by atoms with Crippen LogP contribution in [0.15, 0.2) is 24.3 Å². The van der Waals surface area contributed by atoms with E-state index in [4.69, 9.17) is 11.6 Å². The van der Waals surface area contributed by atoms with Crippen molar-refractivity contribution in [3.8, 4) is 0 Å². The lowest BCUT2D eigenvalue weighted by Gasteiger charge is -2.13. The van der Waals surface area contributed by atoms with Crippen molar-refractivity contribution < 1.29 is 4.39 Å². The van der Waals surface area contributed by atoms with Crippen molar-refractivity contribution in [2.75, 3.05) is 13.2 Å². The summed E-state index contributed by atoms with van der Waals surface area (Å²) in [6, 6.07) is 7.94. The Morgan fingerprint density at radius 2 is 2.00 bits per heavy atom. The zero-order valence-electron chi connectivity index (χ0n) is 8.26. The van der Waals surface area contributed by atoms with E-state index in [1.165, 1.54) is 5.56 Å². The first-order valence-corrected chi connectivity index (χ1v) is 5.16. The van der Waals surface area contributed by atoms with Crippen LogP contribution in [0.25, 0.3) is 0 Å². The van der Waals surface area contributed by atoms with E-state index in [0.717, 1.165) is 5.02 Å². The van der Waals surface area contributed by atoms with Crippen LogP contribution in [0.3, 0.4) is 0 Å². The molecule has 0 aromatic heterocycles. The zero-order chi connectivity index (χ0) is 10.4. The summed E-state index contributed by atoms with van der Waals surface area (Å²) in [5.74, 6) is 0. The number of nitrogens with one attached hydrogen (secondary N) is 1. The van der Waals surface area contributed by atoms with Gasteiger partial charge in [-0.25, -0.2) is 0 Å². The molecular weight excluding hydrogens is 201 g/mol. The monoisotopic (exact) mass is 215 g/mol. The van der Waals surface area contributed by atoms with Crippen molar-refractivity contribution in [3.05, 3.63) is 34.9 Å². The third kappa shape index (κ3) is 3.64. The van der Waals surface area contributed by atoms with E-state index in [9.17, 15) is 4.39 Å². The number of hydrogen-bond acceptors (Lipinski definition) is 1. The predicted molar refractivity (Wildman–Crippen MR) is 58.5 cm³/mol. The van der Waals surface area contributed by atoms with Gasteiger partial charge in [0, 0.05) is 11.1 Å². The van der Waals surface area contributed by atoms with Gasteiger partial charge in [-0.2, -0.15) is 0 Å². The first-order chi connectivity index (χ1) is 6.74. The van der Waals surface area contributed by atoms with E-state index < -0.39 is 0 Å². The maximum atomic E-state index is 11.8. The molecule has 0 unspecified atom stereocenters. The first-order valence-electron chi connectivity index (χ1n) is 4.79. The minimum absolute atomic E-state index is 0.249. The average molecular weight is 216 g/mol. The standard InChI is InChI=1S/C11H15ClFN/c1-9(14-8-2-7-13)10-3-5-11(12)6-4-10/h3-6,9,14H,2,7-8H2,1H3/t9-/m0/s1. The molecule has 0 bridgehead atoms. The largest absolute Gasteiger partial charge is 0.310 e. The summed E-state index contributed by atoms with van der Waals surface area (Å²) in [5.41, 5.74) is 1.17. The summed E-state index contributed by atoms with van der Waals surface area (Å²) in [4.78, 5) is 0. The minimum atomic E-state index is -0.264. The number of halogens is 2. The maximum absolute atomic E-state index is 11.8. The molecule has 0 spiro atoms. The third-order valence-electron chi connectivity index (χ3n) is 2.13. The van der Waals surface area contributed by atoms with Gasteiger partial charge in [-0.15, -0.1) is 0 Å². The van der Waals surface area contributed by atoms with Crippen molar-refractivity contribution in [2.24, 2.45) is 0 Å². The summed E-state index contributed by atoms with van der Waals surface area (Å²) >= 11 is 5.77. The smallest absolute Gasteiger partial charge is 0.0906 e. The van der Waals surface area contributed by atoms with Gasteiger partial charge in [0.2, 0.25) is 0 Å². The van der Waals surface area contributed by atoms with Crippen LogP contribution in [0.1, 0.15) is 24.9 Å². The second-order valence-electron chi connectivity index (χ2n) is 3.27. The maximum Gasteiger partial charge on any atom is 0.0906 e. The molecule has 0 saturated heterocycles. The van der Waals surface area contributed by atoms with Gasteiger partial charge in [0.05, 0.1) is 6.67 Å². The van der Waals surface area contributed by atoms with Gasteiger partial charge in [0.25, 0.3) is 0 Å². The molecule has 0 aliphatic carbocycles. The quantitative estimate of drug-likeness (QED) is 0.743. The van der Waals surface area contributed by atoms with E-state index in [1.807, 2.05) is 24.3 Å². The molecule has 0 saturated carbocycles. The van der Waals surface area contributed by atoms with Gasteiger partial charge in [0.1, 0.15) is 0 Å². The fraction of sp³-hybridized carbons (Fsp3) is 0.455. The molecule has 1 aromatic carbocycles. The Labute approximate surface area is 89.3 Å². The summed E-state index contributed by atoms with van der Waals surface area (Å²) in [5, 5.41) is 3.98. The lowest BCUT2D eigenvalue weighted by Crippen LogP contribution is -2.20. The van der Waals surface area contributed by atoms with E-state index in [0.29, 0.717) is 13.0 Å². The van der Waals surface area contributed by atoms with E-state index >= 15 is 0 Å². The molecule has 3 heteroatoms.